The SMILES string of the molecule is OCCc1[nH]nc2cc(Br)ccc12. The van der Waals surface area contributed by atoms with Crippen molar-refractivity contribution in [1.29, 1.82) is 0 Å². The van der Waals surface area contributed by atoms with Crippen LogP contribution in [0.25, 0.3) is 10.9 Å². The lowest BCUT2D eigenvalue weighted by molar-refractivity contribution is 0.298. The van der Waals surface area contributed by atoms with Crippen LogP contribution in [0.15, 0.2) is 22.7 Å². The van der Waals surface area contributed by atoms with Crippen LogP contribution >= 0.6 is 15.9 Å². The molecule has 0 aliphatic heterocycles. The fraction of sp³-hybridized carbons (Fsp3) is 0.222. The zero-order valence-corrected chi connectivity index (χ0v) is 8.50. The summed E-state index contributed by atoms with van der Waals surface area (Å²) in [4.78, 5) is 0. The van der Waals surface area contributed by atoms with E-state index < -0.39 is 0 Å². The first-order chi connectivity index (χ1) is 6.31. The molecular weight excluding hydrogens is 232 g/mol. The molecule has 1 aromatic carbocycles. The van der Waals surface area contributed by atoms with E-state index in [-0.39, 0.29) is 6.61 Å². The predicted octanol–water partition coefficient (Wildman–Crippen LogP) is 1.86. The van der Waals surface area contributed by atoms with E-state index in [0.29, 0.717) is 6.42 Å². The summed E-state index contributed by atoms with van der Waals surface area (Å²) >= 11 is 3.38. The summed E-state index contributed by atoms with van der Waals surface area (Å²) in [6.07, 6.45) is 0.623. The van der Waals surface area contributed by atoms with E-state index in [1.165, 1.54) is 0 Å². The minimum absolute atomic E-state index is 0.146. The van der Waals surface area contributed by atoms with Crippen LogP contribution in [0.2, 0.25) is 0 Å². The highest BCUT2D eigenvalue weighted by molar-refractivity contribution is 9.10. The van der Waals surface area contributed by atoms with Crippen molar-refractivity contribution in [2.75, 3.05) is 6.61 Å². The fourth-order valence-electron chi connectivity index (χ4n) is 1.34. The maximum absolute atomic E-state index is 8.80. The number of aliphatic hydroxyl groups excluding tert-OH is 1. The van der Waals surface area contributed by atoms with Gasteiger partial charge in [-0.3, -0.25) is 5.10 Å². The topological polar surface area (TPSA) is 48.9 Å². The summed E-state index contributed by atoms with van der Waals surface area (Å²) in [5, 5.41) is 16.9. The molecule has 0 fully saturated rings. The molecule has 2 N–H and O–H groups in total. The largest absolute Gasteiger partial charge is 0.396 e. The molecule has 0 unspecified atom stereocenters. The molecule has 2 rings (SSSR count). The van der Waals surface area contributed by atoms with Crippen LogP contribution in [-0.4, -0.2) is 21.9 Å². The Kier molecular flexibility index (Phi) is 2.33. The van der Waals surface area contributed by atoms with Crippen molar-refractivity contribution in [2.24, 2.45) is 0 Å². The Morgan fingerprint density at radius 3 is 3.08 bits per heavy atom. The van der Waals surface area contributed by atoms with Gasteiger partial charge < -0.3 is 5.11 Å². The summed E-state index contributed by atoms with van der Waals surface area (Å²) < 4.78 is 1.02. The van der Waals surface area contributed by atoms with Crippen LogP contribution in [0.3, 0.4) is 0 Å². The summed E-state index contributed by atoms with van der Waals surface area (Å²) in [6, 6.07) is 5.92. The quantitative estimate of drug-likeness (QED) is 0.843. The molecule has 0 saturated heterocycles. The Bertz CT molecular complexity index is 424. The summed E-state index contributed by atoms with van der Waals surface area (Å²) in [5.74, 6) is 0. The lowest BCUT2D eigenvalue weighted by Gasteiger charge is -1.93. The highest BCUT2D eigenvalue weighted by Gasteiger charge is 2.03. The number of halogens is 1. The Balaban J connectivity index is 2.55. The van der Waals surface area contributed by atoms with Crippen LogP contribution in [0, 0.1) is 0 Å². The normalized spacial score (nSPS) is 10.9. The van der Waals surface area contributed by atoms with Gasteiger partial charge in [0, 0.05) is 28.6 Å². The zero-order valence-electron chi connectivity index (χ0n) is 6.92. The number of fused-ring (bicyclic) bond motifs is 1. The lowest BCUT2D eigenvalue weighted by atomic mass is 10.2. The molecule has 0 spiro atoms. The lowest BCUT2D eigenvalue weighted by Crippen LogP contribution is -1.90. The summed E-state index contributed by atoms with van der Waals surface area (Å²) in [5.41, 5.74) is 1.92. The van der Waals surface area contributed by atoms with Gasteiger partial charge in [-0.2, -0.15) is 5.10 Å². The molecule has 0 aliphatic rings. The first-order valence-electron chi connectivity index (χ1n) is 4.04. The van der Waals surface area contributed by atoms with Crippen molar-refractivity contribution in [3.05, 3.63) is 28.4 Å². The number of H-pyrrole nitrogens is 1. The number of rotatable bonds is 2. The van der Waals surface area contributed by atoms with Gasteiger partial charge in [-0.05, 0) is 18.2 Å². The molecule has 0 radical (unpaired) electrons. The van der Waals surface area contributed by atoms with Crippen LogP contribution in [-0.2, 0) is 6.42 Å². The van der Waals surface area contributed by atoms with E-state index in [4.69, 9.17) is 5.11 Å². The summed E-state index contributed by atoms with van der Waals surface area (Å²) in [6.45, 7) is 0.146. The Labute approximate surface area is 83.9 Å². The van der Waals surface area contributed by atoms with Crippen LogP contribution in [0.4, 0.5) is 0 Å². The van der Waals surface area contributed by atoms with Gasteiger partial charge in [0.05, 0.1) is 5.52 Å². The third-order valence-corrected chi connectivity index (χ3v) is 2.45. The van der Waals surface area contributed by atoms with Crippen LogP contribution in [0.5, 0.6) is 0 Å². The van der Waals surface area contributed by atoms with Crippen molar-refractivity contribution < 1.29 is 5.11 Å². The van der Waals surface area contributed by atoms with Crippen molar-refractivity contribution in [3.8, 4) is 0 Å². The standard InChI is InChI=1S/C9H9BrN2O/c10-6-1-2-7-8(3-4-13)11-12-9(7)5-6/h1-2,5,13H,3-4H2,(H,11,12). The maximum Gasteiger partial charge on any atom is 0.0934 e. The molecule has 4 heteroatoms. The van der Waals surface area contributed by atoms with E-state index in [2.05, 4.69) is 26.1 Å². The van der Waals surface area contributed by atoms with Crippen molar-refractivity contribution in [3.63, 3.8) is 0 Å². The van der Waals surface area contributed by atoms with Crippen molar-refractivity contribution in [1.82, 2.24) is 10.2 Å². The predicted molar refractivity (Wildman–Crippen MR) is 54.6 cm³/mol. The second-order valence-electron chi connectivity index (χ2n) is 2.84. The first-order valence-corrected chi connectivity index (χ1v) is 4.84. The van der Waals surface area contributed by atoms with Crippen LogP contribution < -0.4 is 0 Å². The molecule has 0 bridgehead atoms. The number of aliphatic hydroxyl groups is 1. The van der Waals surface area contributed by atoms with E-state index in [9.17, 15) is 0 Å². The Morgan fingerprint density at radius 2 is 2.31 bits per heavy atom. The van der Waals surface area contributed by atoms with Gasteiger partial charge in [0.2, 0.25) is 0 Å². The van der Waals surface area contributed by atoms with Gasteiger partial charge in [-0.1, -0.05) is 15.9 Å². The molecule has 1 aromatic heterocycles. The van der Waals surface area contributed by atoms with Gasteiger partial charge in [-0.25, -0.2) is 0 Å². The van der Waals surface area contributed by atoms with Crippen molar-refractivity contribution >= 4 is 26.8 Å². The van der Waals surface area contributed by atoms with E-state index >= 15 is 0 Å². The highest BCUT2D eigenvalue weighted by Crippen LogP contribution is 2.20. The zero-order chi connectivity index (χ0) is 9.26. The number of aromatic nitrogens is 2. The molecule has 0 amide bonds. The third-order valence-electron chi connectivity index (χ3n) is 1.96. The van der Waals surface area contributed by atoms with Gasteiger partial charge in [0.15, 0.2) is 0 Å². The maximum atomic E-state index is 8.80. The number of aromatic amines is 1. The van der Waals surface area contributed by atoms with Crippen molar-refractivity contribution in [2.45, 2.75) is 6.42 Å². The number of nitrogens with zero attached hydrogens (tertiary/aromatic N) is 1. The van der Waals surface area contributed by atoms with E-state index in [0.717, 1.165) is 21.1 Å². The van der Waals surface area contributed by atoms with E-state index in [1.54, 1.807) is 0 Å². The molecule has 13 heavy (non-hydrogen) atoms. The Morgan fingerprint density at radius 1 is 1.46 bits per heavy atom. The molecule has 68 valence electrons. The van der Waals surface area contributed by atoms with Crippen LogP contribution in [0.1, 0.15) is 5.69 Å². The fourth-order valence-corrected chi connectivity index (χ4v) is 1.69. The second kappa shape index (κ2) is 3.47. The van der Waals surface area contributed by atoms with Gasteiger partial charge in [0.25, 0.3) is 0 Å². The van der Waals surface area contributed by atoms with Gasteiger partial charge in [0.1, 0.15) is 0 Å². The molecule has 0 aliphatic carbocycles. The molecule has 0 saturated carbocycles. The number of nitrogens with one attached hydrogen (secondary N) is 1. The molecular formula is C9H9BrN2O. The number of benzene rings is 1. The molecule has 0 atom stereocenters. The molecule has 3 nitrogen and oxygen atoms in total. The highest BCUT2D eigenvalue weighted by atomic mass is 79.9. The average Bonchev–Trinajstić information content (AvgIpc) is 2.49. The number of hydrogen-bond donors (Lipinski definition) is 2. The second-order valence-corrected chi connectivity index (χ2v) is 3.75. The average molecular weight is 241 g/mol. The molecule has 1 heterocycles. The Hall–Kier alpha value is -0.870. The third kappa shape index (κ3) is 1.59. The van der Waals surface area contributed by atoms with Gasteiger partial charge >= 0.3 is 0 Å². The minimum atomic E-state index is 0.146. The summed E-state index contributed by atoms with van der Waals surface area (Å²) in [7, 11) is 0. The first kappa shape index (κ1) is 8.72. The molecule has 2 aromatic rings. The number of hydrogen-bond acceptors (Lipinski definition) is 2. The van der Waals surface area contributed by atoms with E-state index in [1.807, 2.05) is 18.2 Å². The monoisotopic (exact) mass is 240 g/mol. The van der Waals surface area contributed by atoms with Gasteiger partial charge in [-0.15, -0.1) is 0 Å². The minimum Gasteiger partial charge on any atom is -0.396 e. The smallest absolute Gasteiger partial charge is 0.0934 e.